The molecule has 1 atom stereocenters. The Kier molecular flexibility index (Phi) is 6.03. The van der Waals surface area contributed by atoms with Crippen molar-refractivity contribution in [2.75, 3.05) is 20.1 Å². The molecule has 0 bridgehead atoms. The van der Waals surface area contributed by atoms with Crippen LogP contribution < -0.4 is 5.32 Å². The lowest BCUT2D eigenvalue weighted by Crippen LogP contribution is -2.44. The molecule has 1 aromatic rings. The fraction of sp³-hybridized carbons (Fsp3) is 0.692. The SMILES string of the molecule is CCN(Cc1cccs1)C(CNC)C(C)C. The van der Waals surface area contributed by atoms with Crippen LogP contribution in [-0.4, -0.2) is 31.1 Å². The van der Waals surface area contributed by atoms with Crippen LogP contribution in [0.5, 0.6) is 0 Å². The zero-order chi connectivity index (χ0) is 12.0. The van der Waals surface area contributed by atoms with E-state index in [9.17, 15) is 0 Å². The molecular formula is C13H24N2S. The maximum absolute atomic E-state index is 3.31. The number of nitrogens with one attached hydrogen (secondary N) is 1. The van der Waals surface area contributed by atoms with E-state index in [2.05, 4.69) is 48.5 Å². The van der Waals surface area contributed by atoms with Crippen molar-refractivity contribution in [1.82, 2.24) is 10.2 Å². The number of hydrogen-bond acceptors (Lipinski definition) is 3. The number of likely N-dealkylation sites (N-methyl/N-ethyl adjacent to an activating group) is 2. The smallest absolute Gasteiger partial charge is 0.0331 e. The Hall–Kier alpha value is -0.380. The highest BCUT2D eigenvalue weighted by atomic mass is 32.1. The molecular weight excluding hydrogens is 216 g/mol. The zero-order valence-corrected chi connectivity index (χ0v) is 11.7. The Morgan fingerprint density at radius 3 is 2.62 bits per heavy atom. The third-order valence-corrected chi connectivity index (χ3v) is 3.86. The molecule has 0 aliphatic carbocycles. The Morgan fingerprint density at radius 2 is 2.19 bits per heavy atom. The lowest BCUT2D eigenvalue weighted by molar-refractivity contribution is 0.154. The van der Waals surface area contributed by atoms with E-state index >= 15 is 0 Å². The minimum absolute atomic E-state index is 0.622. The van der Waals surface area contributed by atoms with Crippen LogP contribution in [0.15, 0.2) is 17.5 Å². The van der Waals surface area contributed by atoms with Gasteiger partial charge in [-0.15, -0.1) is 11.3 Å². The first kappa shape index (κ1) is 13.7. The van der Waals surface area contributed by atoms with Gasteiger partial charge in [-0.3, -0.25) is 4.90 Å². The average molecular weight is 240 g/mol. The average Bonchev–Trinajstić information content (AvgIpc) is 2.75. The van der Waals surface area contributed by atoms with Crippen LogP contribution in [0.2, 0.25) is 0 Å². The second-order valence-corrected chi connectivity index (χ2v) is 5.54. The molecule has 0 spiro atoms. The zero-order valence-electron chi connectivity index (χ0n) is 10.9. The van der Waals surface area contributed by atoms with Crippen molar-refractivity contribution in [3.05, 3.63) is 22.4 Å². The van der Waals surface area contributed by atoms with Crippen molar-refractivity contribution in [2.45, 2.75) is 33.4 Å². The lowest BCUT2D eigenvalue weighted by Gasteiger charge is -2.33. The first-order valence-electron chi connectivity index (χ1n) is 6.10. The van der Waals surface area contributed by atoms with Gasteiger partial charge in [-0.2, -0.15) is 0 Å². The highest BCUT2D eigenvalue weighted by Gasteiger charge is 2.20. The summed E-state index contributed by atoms with van der Waals surface area (Å²) >= 11 is 1.85. The normalized spacial score (nSPS) is 13.6. The standard InChI is InChI=1S/C13H24N2S/c1-5-15(10-12-7-6-8-16-12)13(9-14-4)11(2)3/h6-8,11,13-14H,5,9-10H2,1-4H3. The van der Waals surface area contributed by atoms with Crippen LogP contribution >= 0.6 is 11.3 Å². The molecule has 3 heteroatoms. The first-order chi connectivity index (χ1) is 7.69. The Labute approximate surface area is 104 Å². The van der Waals surface area contributed by atoms with Crippen LogP contribution in [0, 0.1) is 5.92 Å². The fourth-order valence-corrected chi connectivity index (χ4v) is 2.79. The third kappa shape index (κ3) is 3.89. The minimum Gasteiger partial charge on any atom is -0.318 e. The van der Waals surface area contributed by atoms with Gasteiger partial charge in [0.25, 0.3) is 0 Å². The molecule has 1 rings (SSSR count). The lowest BCUT2D eigenvalue weighted by atomic mass is 10.0. The predicted molar refractivity (Wildman–Crippen MR) is 73.0 cm³/mol. The van der Waals surface area contributed by atoms with Gasteiger partial charge < -0.3 is 5.32 Å². The van der Waals surface area contributed by atoms with E-state index in [0.717, 1.165) is 19.6 Å². The van der Waals surface area contributed by atoms with E-state index in [4.69, 9.17) is 0 Å². The molecule has 0 amide bonds. The largest absolute Gasteiger partial charge is 0.318 e. The molecule has 0 saturated heterocycles. The van der Waals surface area contributed by atoms with Crippen LogP contribution in [0.1, 0.15) is 25.6 Å². The molecule has 0 saturated carbocycles. The van der Waals surface area contributed by atoms with Gasteiger partial charge in [0.1, 0.15) is 0 Å². The molecule has 1 aromatic heterocycles. The summed E-state index contributed by atoms with van der Waals surface area (Å²) in [5.41, 5.74) is 0. The summed E-state index contributed by atoms with van der Waals surface area (Å²) in [7, 11) is 2.04. The van der Waals surface area contributed by atoms with Gasteiger partial charge in [-0.05, 0) is 31.0 Å². The maximum atomic E-state index is 3.31. The molecule has 0 aromatic carbocycles. The van der Waals surface area contributed by atoms with Crippen molar-refractivity contribution in [3.8, 4) is 0 Å². The van der Waals surface area contributed by atoms with Crippen LogP contribution in [0.3, 0.4) is 0 Å². The summed E-state index contributed by atoms with van der Waals surface area (Å²) in [5.74, 6) is 0.687. The third-order valence-electron chi connectivity index (χ3n) is 3.00. The van der Waals surface area contributed by atoms with Crippen molar-refractivity contribution < 1.29 is 0 Å². The summed E-state index contributed by atoms with van der Waals surface area (Å²) < 4.78 is 0. The minimum atomic E-state index is 0.622. The van der Waals surface area contributed by atoms with E-state index in [1.54, 1.807) is 0 Å². The van der Waals surface area contributed by atoms with E-state index < -0.39 is 0 Å². The molecule has 0 radical (unpaired) electrons. The van der Waals surface area contributed by atoms with Crippen LogP contribution in [-0.2, 0) is 6.54 Å². The molecule has 1 unspecified atom stereocenters. The van der Waals surface area contributed by atoms with Crippen molar-refractivity contribution >= 4 is 11.3 Å². The predicted octanol–water partition coefficient (Wildman–Crippen LogP) is 2.81. The van der Waals surface area contributed by atoms with Gasteiger partial charge in [-0.25, -0.2) is 0 Å². The van der Waals surface area contributed by atoms with Crippen LogP contribution in [0.4, 0.5) is 0 Å². The van der Waals surface area contributed by atoms with E-state index in [0.29, 0.717) is 12.0 Å². The molecule has 0 aliphatic heterocycles. The summed E-state index contributed by atoms with van der Waals surface area (Å²) in [6, 6.07) is 4.98. The van der Waals surface area contributed by atoms with Gasteiger partial charge in [0.05, 0.1) is 0 Å². The summed E-state index contributed by atoms with van der Waals surface area (Å²) in [6.45, 7) is 10.1. The molecule has 1 heterocycles. The van der Waals surface area contributed by atoms with Gasteiger partial charge >= 0.3 is 0 Å². The highest BCUT2D eigenvalue weighted by Crippen LogP contribution is 2.17. The van der Waals surface area contributed by atoms with Crippen molar-refractivity contribution in [1.29, 1.82) is 0 Å². The quantitative estimate of drug-likeness (QED) is 0.788. The fourth-order valence-electron chi connectivity index (χ4n) is 2.06. The molecule has 0 aliphatic rings. The van der Waals surface area contributed by atoms with Gasteiger partial charge in [0, 0.05) is 24.0 Å². The Morgan fingerprint density at radius 1 is 1.44 bits per heavy atom. The Balaban J connectivity index is 2.63. The van der Waals surface area contributed by atoms with Crippen LogP contribution in [0.25, 0.3) is 0 Å². The molecule has 2 nitrogen and oxygen atoms in total. The highest BCUT2D eigenvalue weighted by molar-refractivity contribution is 7.09. The summed E-state index contributed by atoms with van der Waals surface area (Å²) in [4.78, 5) is 4.02. The number of nitrogens with zero attached hydrogens (tertiary/aromatic N) is 1. The number of hydrogen-bond donors (Lipinski definition) is 1. The summed E-state index contributed by atoms with van der Waals surface area (Å²) in [5, 5.41) is 5.46. The van der Waals surface area contributed by atoms with Gasteiger partial charge in [0.2, 0.25) is 0 Å². The summed E-state index contributed by atoms with van der Waals surface area (Å²) in [6.07, 6.45) is 0. The molecule has 1 N–H and O–H groups in total. The number of thiophene rings is 1. The van der Waals surface area contributed by atoms with Crippen molar-refractivity contribution in [2.24, 2.45) is 5.92 Å². The van der Waals surface area contributed by atoms with E-state index in [1.165, 1.54) is 4.88 Å². The molecule has 0 fully saturated rings. The molecule has 92 valence electrons. The topological polar surface area (TPSA) is 15.3 Å². The van der Waals surface area contributed by atoms with Gasteiger partial charge in [-0.1, -0.05) is 26.8 Å². The second-order valence-electron chi connectivity index (χ2n) is 4.51. The van der Waals surface area contributed by atoms with E-state index in [1.807, 2.05) is 18.4 Å². The first-order valence-corrected chi connectivity index (χ1v) is 6.98. The monoisotopic (exact) mass is 240 g/mol. The van der Waals surface area contributed by atoms with Gasteiger partial charge in [0.15, 0.2) is 0 Å². The number of rotatable bonds is 7. The Bertz CT molecular complexity index is 269. The second kappa shape index (κ2) is 7.05. The maximum Gasteiger partial charge on any atom is 0.0331 e. The van der Waals surface area contributed by atoms with E-state index in [-0.39, 0.29) is 0 Å². The molecule has 16 heavy (non-hydrogen) atoms. The van der Waals surface area contributed by atoms with Crippen molar-refractivity contribution in [3.63, 3.8) is 0 Å².